The number of carbonyl (C=O) groups is 4. The number of ether oxygens (including phenoxy) is 8. The van der Waals surface area contributed by atoms with Crippen LogP contribution in [0.4, 0.5) is 0 Å². The Labute approximate surface area is 205 Å². The van der Waals surface area contributed by atoms with Crippen LogP contribution < -0.4 is 4.74 Å². The van der Waals surface area contributed by atoms with Crippen LogP contribution in [0.5, 0.6) is 5.75 Å². The molecule has 0 unspecified atom stereocenters. The van der Waals surface area contributed by atoms with Gasteiger partial charge in [-0.25, -0.2) is 4.79 Å². The third-order valence-corrected chi connectivity index (χ3v) is 5.22. The molecule has 0 radical (unpaired) electrons. The lowest BCUT2D eigenvalue weighted by molar-refractivity contribution is -0.282. The average Bonchev–Trinajstić information content (AvgIpc) is 3.32. The summed E-state index contributed by atoms with van der Waals surface area (Å²) in [6, 6.07) is 4.70. The summed E-state index contributed by atoms with van der Waals surface area (Å²) in [5.41, 5.74) is 0.640. The Balaban J connectivity index is 1.96. The number of methoxy groups -OCH3 is 1. The van der Waals surface area contributed by atoms with Gasteiger partial charge in [0.15, 0.2) is 24.6 Å². The standard InChI is InChI=1S/C22H25ClO12/c1-10(24)31-16-17(32-11(2)25)19(33-12(3)26)22(35-18(16)20(27)28-4)34-15-6-5-13(9-14(15)23)21-29-7-8-30-21/h5-6,9,16-19,21-22H,7-8H2,1-4H3/t16-,17-,18-,19+,22+/m0/s1. The molecule has 0 spiro atoms. The molecule has 2 aliphatic heterocycles. The van der Waals surface area contributed by atoms with Gasteiger partial charge in [0.1, 0.15) is 5.75 Å². The highest BCUT2D eigenvalue weighted by Crippen LogP contribution is 2.35. The second-order valence-corrected chi connectivity index (χ2v) is 7.96. The van der Waals surface area contributed by atoms with Crippen LogP contribution in [0, 0.1) is 0 Å². The Kier molecular flexibility index (Phi) is 8.89. The molecule has 0 amide bonds. The minimum Gasteiger partial charge on any atom is -0.467 e. The average molecular weight is 517 g/mol. The second-order valence-electron chi connectivity index (χ2n) is 7.55. The zero-order chi connectivity index (χ0) is 25.7. The lowest BCUT2D eigenvalue weighted by Crippen LogP contribution is -2.64. The van der Waals surface area contributed by atoms with E-state index < -0.39 is 60.9 Å². The van der Waals surface area contributed by atoms with Gasteiger partial charge in [-0.3, -0.25) is 14.4 Å². The summed E-state index contributed by atoms with van der Waals surface area (Å²) in [5, 5.41) is 0.132. The monoisotopic (exact) mass is 516 g/mol. The summed E-state index contributed by atoms with van der Waals surface area (Å²) in [7, 11) is 1.09. The van der Waals surface area contributed by atoms with E-state index in [0.717, 1.165) is 27.9 Å². The van der Waals surface area contributed by atoms with Crippen LogP contribution in [0.25, 0.3) is 0 Å². The first kappa shape index (κ1) is 26.7. The van der Waals surface area contributed by atoms with Crippen molar-refractivity contribution in [2.24, 2.45) is 0 Å². The highest BCUT2D eigenvalue weighted by Gasteiger charge is 2.56. The number of esters is 4. The van der Waals surface area contributed by atoms with Crippen LogP contribution in [0.1, 0.15) is 32.6 Å². The summed E-state index contributed by atoms with van der Waals surface area (Å²) in [6.45, 7) is 4.17. The second kappa shape index (κ2) is 11.7. The summed E-state index contributed by atoms with van der Waals surface area (Å²) < 4.78 is 43.0. The maximum Gasteiger partial charge on any atom is 0.339 e. The third-order valence-electron chi connectivity index (χ3n) is 4.93. The van der Waals surface area contributed by atoms with Gasteiger partial charge < -0.3 is 37.9 Å². The Morgan fingerprint density at radius 3 is 2.00 bits per heavy atom. The van der Waals surface area contributed by atoms with E-state index in [1.807, 2.05) is 0 Å². The lowest BCUT2D eigenvalue weighted by atomic mass is 9.97. The summed E-state index contributed by atoms with van der Waals surface area (Å²) >= 11 is 6.38. The summed E-state index contributed by atoms with van der Waals surface area (Å²) in [6.07, 6.45) is -8.09. The van der Waals surface area contributed by atoms with Crippen molar-refractivity contribution in [3.8, 4) is 5.75 Å². The molecule has 2 aliphatic rings. The fraction of sp³-hybridized carbons (Fsp3) is 0.545. The van der Waals surface area contributed by atoms with Gasteiger partial charge in [0.25, 0.3) is 0 Å². The minimum absolute atomic E-state index is 0.0895. The van der Waals surface area contributed by atoms with Gasteiger partial charge in [0.05, 0.1) is 25.3 Å². The van der Waals surface area contributed by atoms with Gasteiger partial charge in [-0.05, 0) is 12.1 Å². The molecule has 13 heteroatoms. The number of hydrogen-bond acceptors (Lipinski definition) is 12. The predicted octanol–water partition coefficient (Wildman–Crippen LogP) is 1.46. The zero-order valence-corrected chi connectivity index (χ0v) is 20.1. The van der Waals surface area contributed by atoms with Gasteiger partial charge in [-0.15, -0.1) is 0 Å². The van der Waals surface area contributed by atoms with E-state index in [9.17, 15) is 19.2 Å². The van der Waals surface area contributed by atoms with Crippen LogP contribution in [-0.4, -0.2) is 74.9 Å². The lowest BCUT2D eigenvalue weighted by Gasteiger charge is -2.43. The molecule has 1 aromatic carbocycles. The maximum absolute atomic E-state index is 12.5. The van der Waals surface area contributed by atoms with E-state index in [1.54, 1.807) is 12.1 Å². The van der Waals surface area contributed by atoms with Crippen LogP contribution in [0.2, 0.25) is 5.02 Å². The fourth-order valence-electron chi connectivity index (χ4n) is 3.61. The van der Waals surface area contributed by atoms with Gasteiger partial charge in [-0.2, -0.15) is 0 Å². The number of carbonyl (C=O) groups excluding carboxylic acids is 4. The third kappa shape index (κ3) is 6.60. The van der Waals surface area contributed by atoms with Crippen molar-refractivity contribution in [1.29, 1.82) is 0 Å². The molecule has 3 rings (SSSR count). The molecule has 2 fully saturated rings. The molecule has 1 aromatic rings. The van der Waals surface area contributed by atoms with Gasteiger partial charge in [0.2, 0.25) is 12.4 Å². The molecule has 35 heavy (non-hydrogen) atoms. The van der Waals surface area contributed by atoms with E-state index >= 15 is 0 Å². The zero-order valence-electron chi connectivity index (χ0n) is 19.4. The van der Waals surface area contributed by atoms with E-state index in [2.05, 4.69) is 0 Å². The smallest absolute Gasteiger partial charge is 0.339 e. The predicted molar refractivity (Wildman–Crippen MR) is 114 cm³/mol. The molecule has 2 heterocycles. The van der Waals surface area contributed by atoms with Gasteiger partial charge in [0, 0.05) is 26.3 Å². The fourth-order valence-corrected chi connectivity index (χ4v) is 3.84. The molecular weight excluding hydrogens is 492 g/mol. The van der Waals surface area contributed by atoms with Crippen molar-refractivity contribution < 1.29 is 57.1 Å². The van der Waals surface area contributed by atoms with E-state index in [1.165, 1.54) is 6.07 Å². The number of benzene rings is 1. The molecule has 0 bridgehead atoms. The highest BCUT2D eigenvalue weighted by molar-refractivity contribution is 6.32. The Hall–Kier alpha value is -2.93. The topological polar surface area (TPSA) is 142 Å². The van der Waals surface area contributed by atoms with Crippen molar-refractivity contribution in [2.75, 3.05) is 20.3 Å². The van der Waals surface area contributed by atoms with E-state index in [4.69, 9.17) is 49.5 Å². The molecule has 2 saturated heterocycles. The molecule has 0 aliphatic carbocycles. The number of rotatable bonds is 7. The summed E-state index contributed by atoms with van der Waals surface area (Å²) in [4.78, 5) is 47.9. The van der Waals surface area contributed by atoms with Crippen LogP contribution >= 0.6 is 11.6 Å². The largest absolute Gasteiger partial charge is 0.467 e. The van der Waals surface area contributed by atoms with Crippen LogP contribution in [0.3, 0.4) is 0 Å². The molecule has 0 aromatic heterocycles. The van der Waals surface area contributed by atoms with Crippen molar-refractivity contribution in [2.45, 2.75) is 57.8 Å². The maximum atomic E-state index is 12.5. The van der Waals surface area contributed by atoms with Crippen molar-refractivity contribution >= 4 is 35.5 Å². The molecular formula is C22H25ClO12. The van der Waals surface area contributed by atoms with E-state index in [0.29, 0.717) is 18.8 Å². The van der Waals surface area contributed by atoms with Crippen LogP contribution in [-0.2, 0) is 52.3 Å². The first-order chi connectivity index (χ1) is 16.6. The van der Waals surface area contributed by atoms with Crippen molar-refractivity contribution in [3.63, 3.8) is 0 Å². The van der Waals surface area contributed by atoms with Crippen molar-refractivity contribution in [3.05, 3.63) is 28.8 Å². The Morgan fingerprint density at radius 1 is 0.886 bits per heavy atom. The number of hydrogen-bond donors (Lipinski definition) is 0. The molecule has 192 valence electrons. The minimum atomic E-state index is -1.58. The van der Waals surface area contributed by atoms with Crippen molar-refractivity contribution in [1.82, 2.24) is 0 Å². The molecule has 0 N–H and O–H groups in total. The Bertz CT molecular complexity index is 960. The van der Waals surface area contributed by atoms with Gasteiger partial charge >= 0.3 is 23.9 Å². The Morgan fingerprint density at radius 2 is 1.46 bits per heavy atom. The molecule has 0 saturated carbocycles. The quantitative estimate of drug-likeness (QED) is 0.382. The first-order valence-corrected chi connectivity index (χ1v) is 10.9. The normalized spacial score (nSPS) is 26.5. The number of halogens is 1. The highest BCUT2D eigenvalue weighted by atomic mass is 35.5. The SMILES string of the molecule is COC(=O)[C@H]1O[C@@H](Oc2ccc(C3OCCO3)cc2Cl)[C@H](OC(C)=O)[C@@H](OC(C)=O)[C@@H]1OC(C)=O. The molecule has 5 atom stereocenters. The molecule has 12 nitrogen and oxygen atoms in total. The van der Waals surface area contributed by atoms with E-state index in [-0.39, 0.29) is 10.8 Å². The first-order valence-electron chi connectivity index (χ1n) is 10.5. The van der Waals surface area contributed by atoms with Gasteiger partial charge in [-0.1, -0.05) is 17.7 Å². The van der Waals surface area contributed by atoms with Crippen LogP contribution in [0.15, 0.2) is 18.2 Å². The summed E-state index contributed by atoms with van der Waals surface area (Å²) in [5.74, 6) is -3.24.